The van der Waals surface area contributed by atoms with Crippen LogP contribution in [0.5, 0.6) is 0 Å². The Morgan fingerprint density at radius 2 is 2.00 bits per heavy atom. The molecule has 1 aliphatic carbocycles. The molecule has 37 heavy (non-hydrogen) atoms. The molecule has 5 aromatic rings. The molecule has 0 saturated heterocycles. The summed E-state index contributed by atoms with van der Waals surface area (Å²) in [4.78, 5) is 31.0. The molecule has 0 amide bonds. The van der Waals surface area contributed by atoms with Gasteiger partial charge in [0.15, 0.2) is 5.78 Å². The van der Waals surface area contributed by atoms with Crippen LogP contribution in [0.3, 0.4) is 0 Å². The average molecular weight is 511 g/mol. The lowest BCUT2D eigenvalue weighted by Crippen LogP contribution is -2.14. The van der Waals surface area contributed by atoms with Crippen LogP contribution in [-0.2, 0) is 18.9 Å². The van der Waals surface area contributed by atoms with Gasteiger partial charge in [0.2, 0.25) is 0 Å². The predicted octanol–water partition coefficient (Wildman–Crippen LogP) is 6.47. The Bertz CT molecular complexity index is 1620. The molecule has 0 aliphatic heterocycles. The summed E-state index contributed by atoms with van der Waals surface area (Å²) in [6.07, 6.45) is 10.9. The van der Waals surface area contributed by atoms with Crippen LogP contribution in [0, 0.1) is 0 Å². The summed E-state index contributed by atoms with van der Waals surface area (Å²) >= 11 is 1.54. The summed E-state index contributed by atoms with van der Waals surface area (Å²) < 4.78 is 1.79. The quantitative estimate of drug-likeness (QED) is 0.274. The molecule has 188 valence electrons. The Hall–Kier alpha value is -3.65. The number of aromatic nitrogens is 6. The fourth-order valence-electron chi connectivity index (χ4n) is 5.23. The molecule has 0 fully saturated rings. The van der Waals surface area contributed by atoms with E-state index in [0.717, 1.165) is 62.7 Å². The van der Waals surface area contributed by atoms with E-state index in [9.17, 15) is 4.79 Å². The Morgan fingerprint density at radius 1 is 1.14 bits per heavy atom. The predicted molar refractivity (Wildman–Crippen MR) is 147 cm³/mol. The second kappa shape index (κ2) is 9.03. The molecule has 0 radical (unpaired) electrons. The monoisotopic (exact) mass is 510 g/mol. The fourth-order valence-corrected chi connectivity index (χ4v) is 6.16. The van der Waals surface area contributed by atoms with Gasteiger partial charge in [0.05, 0.1) is 27.5 Å². The number of ketones is 1. The molecule has 7 nitrogen and oxygen atoms in total. The maximum Gasteiger partial charge on any atom is 0.175 e. The fraction of sp³-hybridized carbons (Fsp3) is 0.345. The number of H-pyrrole nitrogens is 1. The summed E-state index contributed by atoms with van der Waals surface area (Å²) in [7, 11) is 1.91. The molecule has 1 N–H and O–H groups in total. The van der Waals surface area contributed by atoms with E-state index < -0.39 is 0 Å². The molecule has 0 spiro atoms. The van der Waals surface area contributed by atoms with Crippen molar-refractivity contribution in [1.29, 1.82) is 0 Å². The summed E-state index contributed by atoms with van der Waals surface area (Å²) in [5, 5.41) is 6.29. The molecule has 8 heteroatoms. The average Bonchev–Trinajstić information content (AvgIpc) is 3.62. The van der Waals surface area contributed by atoms with Crippen LogP contribution >= 0.6 is 11.3 Å². The highest BCUT2D eigenvalue weighted by atomic mass is 32.1. The van der Waals surface area contributed by atoms with E-state index in [1.165, 1.54) is 22.5 Å². The number of fused-ring (bicyclic) bond motifs is 2. The van der Waals surface area contributed by atoms with Crippen LogP contribution in [0.1, 0.15) is 71.8 Å². The third-order valence-corrected chi connectivity index (χ3v) is 8.61. The van der Waals surface area contributed by atoms with Crippen molar-refractivity contribution in [1.82, 2.24) is 29.7 Å². The number of Topliss-reactive ketones (excluding diaryl/α,β-unsaturated/α-hetero) is 1. The summed E-state index contributed by atoms with van der Waals surface area (Å²) in [5.41, 5.74) is 7.35. The number of aromatic amines is 1. The minimum absolute atomic E-state index is 0.0400. The number of aryl methyl sites for hydroxylation is 2. The smallest absolute Gasteiger partial charge is 0.175 e. The van der Waals surface area contributed by atoms with E-state index in [2.05, 4.69) is 70.1 Å². The van der Waals surface area contributed by atoms with E-state index in [1.807, 2.05) is 19.4 Å². The number of thiazole rings is 1. The lowest BCUT2D eigenvalue weighted by molar-refractivity contribution is 0.0974. The number of carbonyl (C=O) groups excluding carboxylic acids is 1. The molecular formula is C29H30N6OS. The van der Waals surface area contributed by atoms with E-state index in [0.29, 0.717) is 6.42 Å². The first-order valence-electron chi connectivity index (χ1n) is 12.7. The van der Waals surface area contributed by atoms with E-state index in [4.69, 9.17) is 0 Å². The van der Waals surface area contributed by atoms with Crippen molar-refractivity contribution < 1.29 is 4.79 Å². The molecule has 1 atom stereocenters. The van der Waals surface area contributed by atoms with Crippen molar-refractivity contribution in [2.45, 2.75) is 57.8 Å². The van der Waals surface area contributed by atoms with Crippen molar-refractivity contribution in [2.75, 3.05) is 0 Å². The van der Waals surface area contributed by atoms with Gasteiger partial charge in [0, 0.05) is 47.8 Å². The zero-order valence-corrected chi connectivity index (χ0v) is 22.4. The Balaban J connectivity index is 1.29. The first-order chi connectivity index (χ1) is 17.8. The van der Waals surface area contributed by atoms with Crippen molar-refractivity contribution in [3.8, 4) is 22.5 Å². The minimum atomic E-state index is -0.0400. The van der Waals surface area contributed by atoms with Crippen LogP contribution < -0.4 is 0 Å². The maximum absolute atomic E-state index is 13.2. The third kappa shape index (κ3) is 4.50. The molecule has 1 aliphatic rings. The van der Waals surface area contributed by atoms with Gasteiger partial charge in [-0.2, -0.15) is 5.10 Å². The lowest BCUT2D eigenvalue weighted by atomic mass is 9.79. The molecular weight excluding hydrogens is 480 g/mol. The molecule has 1 aromatic carbocycles. The highest BCUT2D eigenvalue weighted by Crippen LogP contribution is 2.39. The number of carbonyl (C=O) groups is 1. The van der Waals surface area contributed by atoms with E-state index in [-0.39, 0.29) is 17.1 Å². The van der Waals surface area contributed by atoms with Crippen LogP contribution in [0.15, 0.2) is 49.2 Å². The zero-order valence-electron chi connectivity index (χ0n) is 21.6. The molecule has 4 aromatic heterocycles. The van der Waals surface area contributed by atoms with Gasteiger partial charge in [-0.15, -0.1) is 11.3 Å². The van der Waals surface area contributed by atoms with Crippen molar-refractivity contribution in [3.05, 3.63) is 70.2 Å². The topological polar surface area (TPSA) is 89.4 Å². The van der Waals surface area contributed by atoms with Crippen LogP contribution in [0.2, 0.25) is 0 Å². The Morgan fingerprint density at radius 3 is 2.76 bits per heavy atom. The zero-order chi connectivity index (χ0) is 25.7. The number of benzene rings is 1. The summed E-state index contributed by atoms with van der Waals surface area (Å²) in [6.45, 7) is 6.40. The number of nitrogens with one attached hydrogen (secondary N) is 1. The van der Waals surface area contributed by atoms with Crippen molar-refractivity contribution >= 4 is 28.2 Å². The van der Waals surface area contributed by atoms with Gasteiger partial charge in [0.25, 0.3) is 0 Å². The van der Waals surface area contributed by atoms with Gasteiger partial charge in [-0.1, -0.05) is 32.9 Å². The number of nitrogens with zero attached hydrogens (tertiary/aromatic N) is 5. The standard InChI is InChI=1S/C29H30N6OS/c1-29(2,3)28-30-14-25(37-28)24(36)11-18-7-5-6-17-10-19(8-9-21(17)18)26-22-12-23(20-13-33-35(4)15-20)34-27(22)32-16-31-26/h8-10,12-16,18H,5-7,11H2,1-4H3,(H,31,32,34). The normalized spacial score (nSPS) is 15.7. The van der Waals surface area contributed by atoms with Crippen LogP contribution in [0.4, 0.5) is 0 Å². The van der Waals surface area contributed by atoms with Crippen molar-refractivity contribution in [2.24, 2.45) is 7.05 Å². The van der Waals surface area contributed by atoms with E-state index >= 15 is 0 Å². The van der Waals surface area contributed by atoms with Gasteiger partial charge in [-0.05, 0) is 48.4 Å². The first kappa shape index (κ1) is 23.7. The Kier molecular flexibility index (Phi) is 5.79. The second-order valence-corrected chi connectivity index (χ2v) is 12.0. The SMILES string of the molecule is Cn1cc(-c2cc3c(-c4ccc5c(c4)CCCC5CC(=O)c4cnc(C(C)(C)C)s4)ncnc3[nH]2)cn1. The second-order valence-electron chi connectivity index (χ2n) is 11.0. The number of rotatable bonds is 5. The lowest BCUT2D eigenvalue weighted by Gasteiger charge is -2.25. The third-order valence-electron chi connectivity index (χ3n) is 7.15. The minimum Gasteiger partial charge on any atom is -0.339 e. The molecule has 1 unspecified atom stereocenters. The molecule has 0 saturated carbocycles. The Labute approximate surface area is 220 Å². The molecule has 6 rings (SSSR count). The van der Waals surface area contributed by atoms with Crippen LogP contribution in [0.25, 0.3) is 33.5 Å². The van der Waals surface area contributed by atoms with Gasteiger partial charge in [0.1, 0.15) is 12.0 Å². The highest BCUT2D eigenvalue weighted by Gasteiger charge is 2.26. The van der Waals surface area contributed by atoms with Gasteiger partial charge < -0.3 is 4.98 Å². The summed E-state index contributed by atoms with van der Waals surface area (Å²) in [6, 6.07) is 8.71. The van der Waals surface area contributed by atoms with Crippen molar-refractivity contribution in [3.63, 3.8) is 0 Å². The first-order valence-corrected chi connectivity index (χ1v) is 13.5. The van der Waals surface area contributed by atoms with Gasteiger partial charge in [-0.3, -0.25) is 9.48 Å². The molecule has 4 heterocycles. The largest absolute Gasteiger partial charge is 0.339 e. The summed E-state index contributed by atoms with van der Waals surface area (Å²) in [5.74, 6) is 0.433. The molecule has 0 bridgehead atoms. The number of hydrogen-bond donors (Lipinski definition) is 1. The van der Waals surface area contributed by atoms with Gasteiger partial charge in [-0.25, -0.2) is 15.0 Å². The highest BCUT2D eigenvalue weighted by molar-refractivity contribution is 7.13. The van der Waals surface area contributed by atoms with Gasteiger partial charge >= 0.3 is 0 Å². The van der Waals surface area contributed by atoms with E-state index in [1.54, 1.807) is 17.2 Å². The maximum atomic E-state index is 13.2. The number of hydrogen-bond acceptors (Lipinski definition) is 6. The van der Waals surface area contributed by atoms with Crippen LogP contribution in [-0.4, -0.2) is 35.5 Å².